The Morgan fingerprint density at radius 2 is 2.23 bits per heavy atom. The third-order valence-corrected chi connectivity index (χ3v) is 5.25. The van der Waals surface area contributed by atoms with Crippen LogP contribution in [-0.2, 0) is 6.54 Å². The first-order valence-electron chi connectivity index (χ1n) is 8.43. The largest absolute Gasteiger partial charge is 0.435 e. The maximum absolute atomic E-state index is 6.13. The number of hydrogen-bond donors (Lipinski definition) is 2. The van der Waals surface area contributed by atoms with Crippen molar-refractivity contribution in [2.45, 2.75) is 19.9 Å². The lowest BCUT2D eigenvalue weighted by atomic mass is 9.90. The van der Waals surface area contributed by atoms with Gasteiger partial charge in [-0.15, -0.1) is 0 Å². The number of nitrogens with zero attached hydrogens (tertiary/aromatic N) is 5. The number of rotatable bonds is 3. The second-order valence-electron chi connectivity index (χ2n) is 6.94. The lowest BCUT2D eigenvalue weighted by molar-refractivity contribution is 0.383. The van der Waals surface area contributed by atoms with E-state index in [9.17, 15) is 0 Å². The molecule has 1 atom stereocenters. The van der Waals surface area contributed by atoms with Gasteiger partial charge in [0, 0.05) is 25.4 Å². The van der Waals surface area contributed by atoms with E-state index in [1.165, 1.54) is 6.20 Å². The summed E-state index contributed by atoms with van der Waals surface area (Å²) in [6.07, 6.45) is 4.34. The predicted octanol–water partition coefficient (Wildman–Crippen LogP) is 1.62. The molecule has 0 spiro atoms. The van der Waals surface area contributed by atoms with E-state index in [4.69, 9.17) is 32.8 Å². The number of fused-ring (bicyclic) bond motifs is 1. The Labute approximate surface area is 156 Å². The van der Waals surface area contributed by atoms with E-state index in [1.807, 2.05) is 0 Å². The lowest BCUT2D eigenvalue weighted by Crippen LogP contribution is -2.31. The van der Waals surface area contributed by atoms with E-state index >= 15 is 0 Å². The Balaban J connectivity index is 1.54. The Hall–Kier alpha value is -2.45. The van der Waals surface area contributed by atoms with Crippen molar-refractivity contribution in [3.63, 3.8) is 0 Å². The molecular formula is C17H20ClN7O. The highest BCUT2D eigenvalue weighted by molar-refractivity contribution is 6.34. The highest BCUT2D eigenvalue weighted by atomic mass is 35.5. The SMILES string of the molecule is CC1(CN)CCN(c2cnc3c(n2)CN=C3Oc2ccnc(N)c2Cl)C1. The van der Waals surface area contributed by atoms with Crippen LogP contribution in [0.1, 0.15) is 24.7 Å². The summed E-state index contributed by atoms with van der Waals surface area (Å²) in [7, 11) is 0. The molecule has 0 amide bonds. The van der Waals surface area contributed by atoms with E-state index in [0.29, 0.717) is 30.4 Å². The predicted molar refractivity (Wildman–Crippen MR) is 101 cm³/mol. The van der Waals surface area contributed by atoms with Crippen molar-refractivity contribution in [2.75, 3.05) is 30.3 Å². The number of ether oxygens (including phenoxy) is 1. The van der Waals surface area contributed by atoms with Crippen LogP contribution in [0, 0.1) is 5.41 Å². The van der Waals surface area contributed by atoms with Gasteiger partial charge in [-0.1, -0.05) is 18.5 Å². The summed E-state index contributed by atoms with van der Waals surface area (Å²) in [6.45, 7) is 5.10. The first-order valence-corrected chi connectivity index (χ1v) is 8.80. The lowest BCUT2D eigenvalue weighted by Gasteiger charge is -2.23. The van der Waals surface area contributed by atoms with Crippen LogP contribution in [0.3, 0.4) is 0 Å². The van der Waals surface area contributed by atoms with Gasteiger partial charge in [0.2, 0.25) is 5.90 Å². The molecule has 2 aliphatic heterocycles. The highest BCUT2D eigenvalue weighted by Gasteiger charge is 2.34. The van der Waals surface area contributed by atoms with E-state index in [-0.39, 0.29) is 16.3 Å². The fourth-order valence-corrected chi connectivity index (χ4v) is 3.32. The number of pyridine rings is 1. The van der Waals surface area contributed by atoms with Crippen LogP contribution < -0.4 is 21.1 Å². The standard InChI is InChI=1S/C17H20ClN7O/c1-17(8-19)3-5-25(9-17)12-7-22-14-10(24-12)6-23-16(14)26-11-2-4-21-15(20)13(11)18/h2,4,7H,3,5-6,8-9,19H2,1H3,(H2,20,21). The van der Waals surface area contributed by atoms with Gasteiger partial charge in [0.05, 0.1) is 18.4 Å². The zero-order valence-electron chi connectivity index (χ0n) is 14.4. The number of aromatic nitrogens is 3. The highest BCUT2D eigenvalue weighted by Crippen LogP contribution is 2.33. The topological polar surface area (TPSA) is 116 Å². The fourth-order valence-electron chi connectivity index (χ4n) is 3.17. The second kappa shape index (κ2) is 6.37. The molecule has 1 saturated heterocycles. The van der Waals surface area contributed by atoms with Gasteiger partial charge in [0.1, 0.15) is 22.4 Å². The van der Waals surface area contributed by atoms with Gasteiger partial charge in [0.25, 0.3) is 0 Å². The Kier molecular flexibility index (Phi) is 4.16. The molecule has 9 heteroatoms. The molecule has 1 unspecified atom stereocenters. The van der Waals surface area contributed by atoms with Crippen molar-refractivity contribution in [2.24, 2.45) is 16.1 Å². The van der Waals surface area contributed by atoms with E-state index in [1.54, 1.807) is 12.3 Å². The minimum atomic E-state index is 0.128. The van der Waals surface area contributed by atoms with Gasteiger partial charge >= 0.3 is 0 Å². The van der Waals surface area contributed by atoms with E-state index < -0.39 is 0 Å². The number of nitrogen functional groups attached to an aromatic ring is 1. The van der Waals surface area contributed by atoms with Gasteiger partial charge in [-0.05, 0) is 18.4 Å². The molecule has 4 N–H and O–H groups in total. The molecule has 0 saturated carbocycles. The van der Waals surface area contributed by atoms with Crippen LogP contribution in [0.5, 0.6) is 5.75 Å². The molecule has 136 valence electrons. The zero-order chi connectivity index (χ0) is 18.3. The van der Waals surface area contributed by atoms with Crippen LogP contribution in [0.25, 0.3) is 0 Å². The van der Waals surface area contributed by atoms with Crippen molar-refractivity contribution in [1.82, 2.24) is 15.0 Å². The Morgan fingerprint density at radius 3 is 3.00 bits per heavy atom. The number of nitrogens with two attached hydrogens (primary N) is 2. The maximum atomic E-state index is 6.13. The first kappa shape index (κ1) is 17.0. The number of anilines is 2. The van der Waals surface area contributed by atoms with Crippen LogP contribution in [0.2, 0.25) is 5.02 Å². The van der Waals surface area contributed by atoms with Crippen molar-refractivity contribution < 1.29 is 4.74 Å². The molecule has 4 rings (SSSR count). The average Bonchev–Trinajstić information content (AvgIpc) is 3.23. The molecule has 2 aromatic rings. The molecule has 2 aliphatic rings. The molecule has 8 nitrogen and oxygen atoms in total. The fraction of sp³-hybridized carbons (Fsp3) is 0.412. The molecule has 4 heterocycles. The minimum absolute atomic E-state index is 0.128. The van der Waals surface area contributed by atoms with Crippen LogP contribution >= 0.6 is 11.6 Å². The molecule has 0 bridgehead atoms. The number of aliphatic imine (C=N–C) groups is 1. The Bertz CT molecular complexity index is 887. The summed E-state index contributed by atoms with van der Waals surface area (Å²) < 4.78 is 5.79. The van der Waals surface area contributed by atoms with Gasteiger partial charge in [-0.25, -0.2) is 19.9 Å². The molecule has 1 fully saturated rings. The van der Waals surface area contributed by atoms with E-state index in [2.05, 4.69) is 26.8 Å². The summed E-state index contributed by atoms with van der Waals surface area (Å²) >= 11 is 6.13. The molecular weight excluding hydrogens is 354 g/mol. The molecule has 0 aromatic carbocycles. The van der Waals surface area contributed by atoms with Crippen LogP contribution in [0.15, 0.2) is 23.5 Å². The zero-order valence-corrected chi connectivity index (χ0v) is 15.2. The minimum Gasteiger partial charge on any atom is -0.435 e. The quantitative estimate of drug-likeness (QED) is 0.839. The van der Waals surface area contributed by atoms with Crippen molar-refractivity contribution in [3.05, 3.63) is 34.9 Å². The van der Waals surface area contributed by atoms with Crippen molar-refractivity contribution >= 4 is 29.1 Å². The second-order valence-corrected chi connectivity index (χ2v) is 7.32. The monoisotopic (exact) mass is 373 g/mol. The number of hydrogen-bond acceptors (Lipinski definition) is 8. The normalized spacial score (nSPS) is 21.7. The summed E-state index contributed by atoms with van der Waals surface area (Å²) in [4.78, 5) is 19.8. The third-order valence-electron chi connectivity index (χ3n) is 4.87. The average molecular weight is 374 g/mol. The molecule has 2 aromatic heterocycles. The smallest absolute Gasteiger partial charge is 0.243 e. The molecule has 26 heavy (non-hydrogen) atoms. The third kappa shape index (κ3) is 2.95. The van der Waals surface area contributed by atoms with Crippen LogP contribution in [-0.4, -0.2) is 40.5 Å². The van der Waals surface area contributed by atoms with Gasteiger partial charge in [-0.2, -0.15) is 0 Å². The summed E-state index contributed by atoms with van der Waals surface area (Å²) in [5, 5.41) is 0.256. The van der Waals surface area contributed by atoms with Crippen LogP contribution in [0.4, 0.5) is 11.6 Å². The summed E-state index contributed by atoms with van der Waals surface area (Å²) in [5.41, 5.74) is 13.1. The van der Waals surface area contributed by atoms with Crippen molar-refractivity contribution in [1.29, 1.82) is 0 Å². The van der Waals surface area contributed by atoms with Gasteiger partial charge < -0.3 is 21.1 Å². The van der Waals surface area contributed by atoms with Gasteiger partial charge in [-0.3, -0.25) is 0 Å². The summed E-state index contributed by atoms with van der Waals surface area (Å²) in [5.74, 6) is 1.85. The van der Waals surface area contributed by atoms with Gasteiger partial charge in [0.15, 0.2) is 5.75 Å². The van der Waals surface area contributed by atoms with Crippen molar-refractivity contribution in [3.8, 4) is 5.75 Å². The molecule has 0 aliphatic carbocycles. The molecule has 0 radical (unpaired) electrons. The van der Waals surface area contributed by atoms with E-state index in [0.717, 1.165) is 31.0 Å². The maximum Gasteiger partial charge on any atom is 0.243 e. The first-order chi connectivity index (χ1) is 12.5. The number of halogens is 1. The Morgan fingerprint density at radius 1 is 1.38 bits per heavy atom. The summed E-state index contributed by atoms with van der Waals surface area (Å²) in [6, 6.07) is 1.64.